The van der Waals surface area contributed by atoms with Crippen LogP contribution in [0.25, 0.3) is 0 Å². The van der Waals surface area contributed by atoms with Crippen LogP contribution in [0.4, 0.5) is 0 Å². The number of esters is 1. The van der Waals surface area contributed by atoms with Crippen LogP contribution >= 0.6 is 7.60 Å². The fourth-order valence-corrected chi connectivity index (χ4v) is 1.54. The van der Waals surface area contributed by atoms with Crippen LogP contribution < -0.4 is 0 Å². The zero-order chi connectivity index (χ0) is 10.5. The van der Waals surface area contributed by atoms with Gasteiger partial charge in [-0.15, -0.1) is 6.58 Å². The summed E-state index contributed by atoms with van der Waals surface area (Å²) < 4.78 is 15.3. The van der Waals surface area contributed by atoms with Gasteiger partial charge in [0.1, 0.15) is 0 Å². The molecule has 0 fully saturated rings. The largest absolute Gasteiger partial charge is 0.465 e. The Labute approximate surface area is 76.6 Å². The lowest BCUT2D eigenvalue weighted by molar-refractivity contribution is -0.142. The molecule has 1 unspecified atom stereocenters. The summed E-state index contributed by atoms with van der Waals surface area (Å²) in [7, 11) is -4.42. The summed E-state index contributed by atoms with van der Waals surface area (Å²) in [4.78, 5) is 28.6. The third kappa shape index (κ3) is 4.22. The van der Waals surface area contributed by atoms with Gasteiger partial charge in [-0.25, -0.2) is 0 Å². The SMILES string of the molecule is C=CCC(C(=O)OCC)P(=O)(O)O. The normalized spacial score (nSPS) is 13.5. The first kappa shape index (κ1) is 12.4. The summed E-state index contributed by atoms with van der Waals surface area (Å²) in [5, 5.41) is 0. The van der Waals surface area contributed by atoms with Crippen LogP contribution in [0.3, 0.4) is 0 Å². The molecule has 0 rings (SSSR count). The molecule has 1 atom stereocenters. The average molecular weight is 208 g/mol. The highest BCUT2D eigenvalue weighted by atomic mass is 31.2. The van der Waals surface area contributed by atoms with Crippen LogP contribution in [0.5, 0.6) is 0 Å². The number of allylic oxidation sites excluding steroid dienone is 1. The van der Waals surface area contributed by atoms with E-state index in [1.54, 1.807) is 6.92 Å². The smallest absolute Gasteiger partial charge is 0.340 e. The van der Waals surface area contributed by atoms with Gasteiger partial charge in [0.15, 0.2) is 5.66 Å². The van der Waals surface area contributed by atoms with Crippen LogP contribution in [0.2, 0.25) is 0 Å². The van der Waals surface area contributed by atoms with Crippen molar-refractivity contribution < 1.29 is 23.9 Å². The molecular formula is C7H13O5P. The minimum Gasteiger partial charge on any atom is -0.465 e. The molecule has 2 N–H and O–H groups in total. The predicted octanol–water partition coefficient (Wildman–Crippen LogP) is 0.672. The molecule has 0 saturated heterocycles. The molecule has 0 saturated carbocycles. The van der Waals surface area contributed by atoms with E-state index in [1.807, 2.05) is 0 Å². The second-order valence-corrected chi connectivity index (χ2v) is 4.18. The topological polar surface area (TPSA) is 83.8 Å². The van der Waals surface area contributed by atoms with Gasteiger partial charge in [0.05, 0.1) is 6.61 Å². The maximum Gasteiger partial charge on any atom is 0.340 e. The van der Waals surface area contributed by atoms with E-state index >= 15 is 0 Å². The van der Waals surface area contributed by atoms with Crippen molar-refractivity contribution in [1.82, 2.24) is 0 Å². The molecule has 0 heterocycles. The van der Waals surface area contributed by atoms with Crippen molar-refractivity contribution in [3.8, 4) is 0 Å². The number of ether oxygens (including phenoxy) is 1. The van der Waals surface area contributed by atoms with Gasteiger partial charge in [-0.05, 0) is 13.3 Å². The van der Waals surface area contributed by atoms with Crippen molar-refractivity contribution >= 4 is 13.6 Å². The third-order valence-corrected chi connectivity index (χ3v) is 2.59. The number of rotatable bonds is 5. The van der Waals surface area contributed by atoms with Gasteiger partial charge in [0.2, 0.25) is 0 Å². The molecule has 5 nitrogen and oxygen atoms in total. The molecule has 0 aliphatic carbocycles. The molecule has 0 aromatic carbocycles. The Morgan fingerprint density at radius 1 is 1.69 bits per heavy atom. The summed E-state index contributed by atoms with van der Waals surface area (Å²) in [5.74, 6) is -0.879. The zero-order valence-electron chi connectivity index (χ0n) is 7.34. The Kier molecular flexibility index (Phi) is 4.91. The standard InChI is InChI=1S/C7H13O5P/c1-3-5-6(13(9,10)11)7(8)12-4-2/h3,6H,1,4-5H2,2H3,(H2,9,10,11). The van der Waals surface area contributed by atoms with Crippen LogP contribution in [0, 0.1) is 0 Å². The number of hydrogen-bond donors (Lipinski definition) is 2. The first-order chi connectivity index (χ1) is 5.93. The lowest BCUT2D eigenvalue weighted by Gasteiger charge is -2.14. The third-order valence-electron chi connectivity index (χ3n) is 1.35. The Balaban J connectivity index is 4.51. The Bertz CT molecular complexity index is 231. The minimum absolute atomic E-state index is 0.0802. The first-order valence-corrected chi connectivity index (χ1v) is 5.44. The summed E-state index contributed by atoms with van der Waals surface area (Å²) in [6.45, 7) is 4.98. The summed E-state index contributed by atoms with van der Waals surface area (Å²) in [5.41, 5.74) is -1.41. The summed E-state index contributed by atoms with van der Waals surface area (Å²) in [6, 6.07) is 0. The lowest BCUT2D eigenvalue weighted by atomic mass is 10.3. The minimum atomic E-state index is -4.42. The van der Waals surface area contributed by atoms with Gasteiger partial charge in [-0.2, -0.15) is 0 Å². The second-order valence-electron chi connectivity index (χ2n) is 2.38. The van der Waals surface area contributed by atoms with E-state index < -0.39 is 19.2 Å². The second kappa shape index (κ2) is 5.17. The van der Waals surface area contributed by atoms with Crippen LogP contribution in [-0.2, 0) is 14.1 Å². The molecule has 0 radical (unpaired) electrons. The number of carbonyl (C=O) groups excluding carboxylic acids is 1. The molecule has 0 bridgehead atoms. The van der Waals surface area contributed by atoms with Gasteiger partial charge in [0, 0.05) is 0 Å². The lowest BCUT2D eigenvalue weighted by Crippen LogP contribution is -2.23. The fourth-order valence-electron chi connectivity index (χ4n) is 0.767. The molecule has 13 heavy (non-hydrogen) atoms. The van der Waals surface area contributed by atoms with E-state index in [0.29, 0.717) is 0 Å². The highest BCUT2D eigenvalue weighted by Crippen LogP contribution is 2.43. The van der Waals surface area contributed by atoms with Gasteiger partial charge >= 0.3 is 13.6 Å². The van der Waals surface area contributed by atoms with E-state index in [1.165, 1.54) is 6.08 Å². The summed E-state index contributed by atoms with van der Waals surface area (Å²) >= 11 is 0. The van der Waals surface area contributed by atoms with Crippen molar-refractivity contribution in [3.63, 3.8) is 0 Å². The van der Waals surface area contributed by atoms with Gasteiger partial charge in [-0.3, -0.25) is 9.36 Å². The molecule has 0 aliphatic heterocycles. The Morgan fingerprint density at radius 2 is 2.23 bits per heavy atom. The fraction of sp³-hybridized carbons (Fsp3) is 0.571. The number of hydrogen-bond acceptors (Lipinski definition) is 3. The van der Waals surface area contributed by atoms with Crippen LogP contribution in [0.1, 0.15) is 13.3 Å². The van der Waals surface area contributed by atoms with Crippen molar-refractivity contribution in [2.75, 3.05) is 6.61 Å². The van der Waals surface area contributed by atoms with Gasteiger partial charge < -0.3 is 14.5 Å². The molecule has 0 amide bonds. The van der Waals surface area contributed by atoms with Crippen molar-refractivity contribution in [3.05, 3.63) is 12.7 Å². The molecule has 0 aromatic rings. The Morgan fingerprint density at radius 3 is 2.54 bits per heavy atom. The van der Waals surface area contributed by atoms with Crippen LogP contribution in [0.15, 0.2) is 12.7 Å². The predicted molar refractivity (Wildman–Crippen MR) is 47.3 cm³/mol. The monoisotopic (exact) mass is 208 g/mol. The molecule has 0 aromatic heterocycles. The number of carbonyl (C=O) groups is 1. The van der Waals surface area contributed by atoms with Gasteiger partial charge in [0.25, 0.3) is 0 Å². The van der Waals surface area contributed by atoms with Crippen molar-refractivity contribution in [2.45, 2.75) is 19.0 Å². The molecular weight excluding hydrogens is 195 g/mol. The van der Waals surface area contributed by atoms with E-state index in [-0.39, 0.29) is 13.0 Å². The molecule has 0 spiro atoms. The average Bonchev–Trinajstić information content (AvgIpc) is 1.98. The quantitative estimate of drug-likeness (QED) is 0.394. The summed E-state index contributed by atoms with van der Waals surface area (Å²) in [6.07, 6.45) is 1.20. The van der Waals surface area contributed by atoms with E-state index in [9.17, 15) is 9.36 Å². The highest BCUT2D eigenvalue weighted by molar-refractivity contribution is 7.53. The maximum atomic E-state index is 11.0. The molecule has 6 heteroatoms. The van der Waals surface area contributed by atoms with Crippen molar-refractivity contribution in [1.29, 1.82) is 0 Å². The van der Waals surface area contributed by atoms with Crippen molar-refractivity contribution in [2.24, 2.45) is 0 Å². The molecule has 0 aliphatic rings. The van der Waals surface area contributed by atoms with Crippen LogP contribution in [-0.4, -0.2) is 28.0 Å². The zero-order valence-corrected chi connectivity index (χ0v) is 8.24. The van der Waals surface area contributed by atoms with Gasteiger partial charge in [-0.1, -0.05) is 6.08 Å². The Hall–Kier alpha value is -0.640. The van der Waals surface area contributed by atoms with E-state index in [2.05, 4.69) is 11.3 Å². The highest BCUT2D eigenvalue weighted by Gasteiger charge is 2.35. The first-order valence-electron chi connectivity index (χ1n) is 3.76. The van der Waals surface area contributed by atoms with E-state index in [0.717, 1.165) is 0 Å². The van der Waals surface area contributed by atoms with E-state index in [4.69, 9.17) is 9.79 Å². The molecule has 76 valence electrons. The maximum absolute atomic E-state index is 11.0.